The standard InChI is InChI=1S/C10H13N5O2S/c1-3-11-10-13-8-6(4-12-15-8)9(14-10)18-5-7(16)17-2/h4H,3,5H2,1-2H3,(H2,11,12,13,14,15). The average Bonchev–Trinajstić information content (AvgIpc) is 2.84. The quantitative estimate of drug-likeness (QED) is 0.475. The molecule has 2 aromatic heterocycles. The van der Waals surface area contributed by atoms with Crippen LogP contribution < -0.4 is 5.32 Å². The molecular formula is C10H13N5O2S. The van der Waals surface area contributed by atoms with Gasteiger partial charge in [-0.2, -0.15) is 10.1 Å². The number of esters is 1. The molecule has 0 unspecified atom stereocenters. The molecule has 2 N–H and O–H groups in total. The van der Waals surface area contributed by atoms with Crippen LogP contribution in [0.25, 0.3) is 11.0 Å². The van der Waals surface area contributed by atoms with Gasteiger partial charge in [-0.15, -0.1) is 0 Å². The molecule has 0 aromatic carbocycles. The minimum Gasteiger partial charge on any atom is -0.468 e. The van der Waals surface area contributed by atoms with Gasteiger partial charge in [0.1, 0.15) is 5.03 Å². The number of methoxy groups -OCH3 is 1. The number of carbonyl (C=O) groups excluding carboxylic acids is 1. The molecule has 0 aliphatic heterocycles. The number of hydrogen-bond donors (Lipinski definition) is 2. The van der Waals surface area contributed by atoms with E-state index in [1.807, 2.05) is 6.92 Å². The second-order valence-corrected chi connectivity index (χ2v) is 4.34. The van der Waals surface area contributed by atoms with E-state index in [-0.39, 0.29) is 11.7 Å². The smallest absolute Gasteiger partial charge is 0.316 e. The Kier molecular flexibility index (Phi) is 3.98. The summed E-state index contributed by atoms with van der Waals surface area (Å²) >= 11 is 1.30. The molecule has 0 fully saturated rings. The summed E-state index contributed by atoms with van der Waals surface area (Å²) in [5.41, 5.74) is 0.647. The lowest BCUT2D eigenvalue weighted by Crippen LogP contribution is -2.05. The van der Waals surface area contributed by atoms with Gasteiger partial charge in [0.25, 0.3) is 0 Å². The molecule has 2 rings (SSSR count). The number of anilines is 1. The van der Waals surface area contributed by atoms with Crippen LogP contribution in [-0.4, -0.2) is 45.5 Å². The van der Waals surface area contributed by atoms with Crippen LogP contribution in [0.1, 0.15) is 6.92 Å². The Morgan fingerprint density at radius 2 is 2.39 bits per heavy atom. The first-order chi connectivity index (χ1) is 8.74. The van der Waals surface area contributed by atoms with Crippen molar-refractivity contribution in [1.29, 1.82) is 0 Å². The number of carbonyl (C=O) groups is 1. The highest BCUT2D eigenvalue weighted by Crippen LogP contribution is 2.25. The predicted molar refractivity (Wildman–Crippen MR) is 68.6 cm³/mol. The molecule has 0 atom stereocenters. The van der Waals surface area contributed by atoms with Crippen molar-refractivity contribution < 1.29 is 9.53 Å². The first-order valence-corrected chi connectivity index (χ1v) is 6.37. The third-order valence-corrected chi connectivity index (χ3v) is 3.13. The number of nitrogens with one attached hydrogen (secondary N) is 2. The number of rotatable bonds is 5. The maximum absolute atomic E-state index is 11.1. The lowest BCUT2D eigenvalue weighted by Gasteiger charge is -2.05. The molecule has 18 heavy (non-hydrogen) atoms. The maximum Gasteiger partial charge on any atom is 0.316 e. The van der Waals surface area contributed by atoms with Crippen molar-refractivity contribution in [2.24, 2.45) is 0 Å². The van der Waals surface area contributed by atoms with E-state index < -0.39 is 0 Å². The molecule has 0 aliphatic carbocycles. The molecule has 2 aromatic rings. The fourth-order valence-electron chi connectivity index (χ4n) is 1.34. The summed E-state index contributed by atoms with van der Waals surface area (Å²) in [6.07, 6.45) is 1.64. The Morgan fingerprint density at radius 1 is 1.56 bits per heavy atom. The van der Waals surface area contributed by atoms with Crippen molar-refractivity contribution in [2.75, 3.05) is 24.7 Å². The summed E-state index contributed by atoms with van der Waals surface area (Å²) in [6, 6.07) is 0. The van der Waals surface area contributed by atoms with E-state index in [1.165, 1.54) is 18.9 Å². The van der Waals surface area contributed by atoms with Gasteiger partial charge >= 0.3 is 5.97 Å². The molecule has 0 saturated heterocycles. The van der Waals surface area contributed by atoms with Crippen molar-refractivity contribution in [3.05, 3.63) is 6.20 Å². The summed E-state index contributed by atoms with van der Waals surface area (Å²) in [7, 11) is 1.36. The van der Waals surface area contributed by atoms with Crippen LogP contribution in [0.4, 0.5) is 5.95 Å². The number of aromatic amines is 1. The van der Waals surface area contributed by atoms with Crippen molar-refractivity contribution in [3.8, 4) is 0 Å². The van der Waals surface area contributed by atoms with E-state index in [0.717, 1.165) is 11.9 Å². The number of thioether (sulfide) groups is 1. The lowest BCUT2D eigenvalue weighted by molar-refractivity contribution is -0.137. The van der Waals surface area contributed by atoms with Gasteiger partial charge < -0.3 is 10.1 Å². The Morgan fingerprint density at radius 3 is 3.11 bits per heavy atom. The van der Waals surface area contributed by atoms with E-state index in [4.69, 9.17) is 0 Å². The Labute approximate surface area is 108 Å². The zero-order valence-corrected chi connectivity index (χ0v) is 10.9. The highest BCUT2D eigenvalue weighted by Gasteiger charge is 2.11. The fraction of sp³-hybridized carbons (Fsp3) is 0.400. The zero-order chi connectivity index (χ0) is 13.0. The van der Waals surface area contributed by atoms with E-state index in [2.05, 4.69) is 30.2 Å². The number of ether oxygens (including phenoxy) is 1. The summed E-state index contributed by atoms with van der Waals surface area (Å²) in [5.74, 6) is 0.432. The molecule has 0 bridgehead atoms. The molecule has 0 amide bonds. The Balaban J connectivity index is 2.28. The van der Waals surface area contributed by atoms with Gasteiger partial charge in [-0.1, -0.05) is 11.8 Å². The Bertz CT molecular complexity index is 556. The monoisotopic (exact) mass is 267 g/mol. The highest BCUT2D eigenvalue weighted by atomic mass is 32.2. The van der Waals surface area contributed by atoms with Crippen LogP contribution in [0.5, 0.6) is 0 Å². The maximum atomic E-state index is 11.1. The molecule has 0 aliphatic rings. The van der Waals surface area contributed by atoms with Gasteiger partial charge in [0.05, 0.1) is 24.4 Å². The number of fused-ring (bicyclic) bond motifs is 1. The second-order valence-electron chi connectivity index (χ2n) is 3.38. The molecule has 8 heteroatoms. The summed E-state index contributed by atoms with van der Waals surface area (Å²) in [5, 5.41) is 11.2. The number of nitrogens with zero attached hydrogens (tertiary/aromatic N) is 3. The molecule has 0 spiro atoms. The lowest BCUT2D eigenvalue weighted by atomic mass is 10.4. The molecule has 96 valence electrons. The average molecular weight is 267 g/mol. The van der Waals surface area contributed by atoms with Gasteiger partial charge in [-0.3, -0.25) is 9.89 Å². The van der Waals surface area contributed by atoms with Crippen molar-refractivity contribution >= 4 is 34.7 Å². The number of aromatic nitrogens is 4. The molecule has 2 heterocycles. The van der Waals surface area contributed by atoms with Crippen molar-refractivity contribution in [3.63, 3.8) is 0 Å². The van der Waals surface area contributed by atoms with E-state index in [9.17, 15) is 4.79 Å². The Hall–Kier alpha value is -1.83. The zero-order valence-electron chi connectivity index (χ0n) is 10.1. The summed E-state index contributed by atoms with van der Waals surface area (Å²) < 4.78 is 4.60. The third kappa shape index (κ3) is 2.70. The first kappa shape index (κ1) is 12.6. The van der Waals surface area contributed by atoms with Crippen LogP contribution >= 0.6 is 11.8 Å². The van der Waals surface area contributed by atoms with Gasteiger partial charge in [0.2, 0.25) is 5.95 Å². The van der Waals surface area contributed by atoms with E-state index in [0.29, 0.717) is 16.6 Å². The highest BCUT2D eigenvalue weighted by molar-refractivity contribution is 8.00. The van der Waals surface area contributed by atoms with Crippen LogP contribution in [0.3, 0.4) is 0 Å². The molecular weight excluding hydrogens is 254 g/mol. The third-order valence-electron chi connectivity index (χ3n) is 2.16. The molecule has 0 saturated carbocycles. The van der Waals surface area contributed by atoms with Gasteiger partial charge in [-0.05, 0) is 6.92 Å². The summed E-state index contributed by atoms with van der Waals surface area (Å²) in [6.45, 7) is 2.68. The number of H-pyrrole nitrogens is 1. The fourth-order valence-corrected chi connectivity index (χ4v) is 2.17. The van der Waals surface area contributed by atoms with Crippen LogP contribution in [-0.2, 0) is 9.53 Å². The van der Waals surface area contributed by atoms with E-state index >= 15 is 0 Å². The normalized spacial score (nSPS) is 10.6. The SMILES string of the molecule is CCNc1nc(SCC(=O)OC)c2cn[nH]c2n1. The first-order valence-electron chi connectivity index (χ1n) is 5.39. The van der Waals surface area contributed by atoms with Crippen LogP contribution in [0.15, 0.2) is 11.2 Å². The van der Waals surface area contributed by atoms with Crippen LogP contribution in [0.2, 0.25) is 0 Å². The van der Waals surface area contributed by atoms with Crippen molar-refractivity contribution in [2.45, 2.75) is 11.9 Å². The van der Waals surface area contributed by atoms with Gasteiger partial charge in [0.15, 0.2) is 5.65 Å². The topological polar surface area (TPSA) is 92.8 Å². The van der Waals surface area contributed by atoms with Gasteiger partial charge in [0, 0.05) is 6.54 Å². The minimum atomic E-state index is -0.291. The number of hydrogen-bond acceptors (Lipinski definition) is 7. The van der Waals surface area contributed by atoms with E-state index in [1.54, 1.807) is 6.20 Å². The van der Waals surface area contributed by atoms with Gasteiger partial charge in [-0.25, -0.2) is 4.98 Å². The predicted octanol–water partition coefficient (Wildman–Crippen LogP) is 1.05. The minimum absolute atomic E-state index is 0.208. The summed E-state index contributed by atoms with van der Waals surface area (Å²) in [4.78, 5) is 19.7. The van der Waals surface area contributed by atoms with Crippen molar-refractivity contribution in [1.82, 2.24) is 20.2 Å². The second kappa shape index (κ2) is 5.67. The van der Waals surface area contributed by atoms with Crippen LogP contribution in [0, 0.1) is 0 Å². The molecule has 0 radical (unpaired) electrons. The largest absolute Gasteiger partial charge is 0.468 e. The molecule has 7 nitrogen and oxygen atoms in total.